The van der Waals surface area contributed by atoms with E-state index in [0.29, 0.717) is 0 Å². The summed E-state index contributed by atoms with van der Waals surface area (Å²) in [7, 11) is 0. The first kappa shape index (κ1) is 14.7. The SMILES string of the molecule is c1cc(-c2cn[nH]c2)cc(Nc2ccc(N3CCOCC3)cc2)n1. The Morgan fingerprint density at radius 3 is 2.62 bits per heavy atom. The highest BCUT2D eigenvalue weighted by atomic mass is 16.5. The van der Waals surface area contributed by atoms with Crippen LogP contribution in [0.1, 0.15) is 0 Å². The van der Waals surface area contributed by atoms with Crippen molar-refractivity contribution in [3.63, 3.8) is 0 Å². The van der Waals surface area contributed by atoms with E-state index in [9.17, 15) is 0 Å². The molecule has 1 fully saturated rings. The van der Waals surface area contributed by atoms with E-state index in [1.54, 1.807) is 12.4 Å². The third-order valence-electron chi connectivity index (χ3n) is 4.11. The van der Waals surface area contributed by atoms with Crippen molar-refractivity contribution >= 4 is 17.2 Å². The van der Waals surface area contributed by atoms with Gasteiger partial charge in [0.2, 0.25) is 0 Å². The predicted molar refractivity (Wildman–Crippen MR) is 94.6 cm³/mol. The summed E-state index contributed by atoms with van der Waals surface area (Å²) >= 11 is 0. The zero-order valence-electron chi connectivity index (χ0n) is 13.3. The van der Waals surface area contributed by atoms with Crippen molar-refractivity contribution in [2.45, 2.75) is 0 Å². The van der Waals surface area contributed by atoms with Crippen LogP contribution in [-0.4, -0.2) is 41.5 Å². The van der Waals surface area contributed by atoms with E-state index in [1.807, 2.05) is 18.3 Å². The molecule has 4 rings (SSSR count). The lowest BCUT2D eigenvalue weighted by molar-refractivity contribution is 0.122. The summed E-state index contributed by atoms with van der Waals surface area (Å²) < 4.78 is 5.40. The fourth-order valence-electron chi connectivity index (χ4n) is 2.81. The number of ether oxygens (including phenoxy) is 1. The Labute approximate surface area is 140 Å². The molecular formula is C18H19N5O. The number of H-pyrrole nitrogens is 1. The lowest BCUT2D eigenvalue weighted by Gasteiger charge is -2.28. The van der Waals surface area contributed by atoms with E-state index in [4.69, 9.17) is 4.74 Å². The van der Waals surface area contributed by atoms with Crippen LogP contribution in [0.2, 0.25) is 0 Å². The predicted octanol–water partition coefficient (Wildman–Crippen LogP) is 3.05. The number of aromatic amines is 1. The summed E-state index contributed by atoms with van der Waals surface area (Å²) in [5.41, 5.74) is 4.36. The zero-order valence-corrected chi connectivity index (χ0v) is 13.3. The maximum Gasteiger partial charge on any atom is 0.130 e. The number of hydrogen-bond donors (Lipinski definition) is 2. The second-order valence-electron chi connectivity index (χ2n) is 5.69. The van der Waals surface area contributed by atoms with Gasteiger partial charge in [-0.1, -0.05) is 0 Å². The van der Waals surface area contributed by atoms with Crippen LogP contribution in [0.4, 0.5) is 17.2 Å². The highest BCUT2D eigenvalue weighted by molar-refractivity contribution is 5.68. The van der Waals surface area contributed by atoms with E-state index in [1.165, 1.54) is 5.69 Å². The summed E-state index contributed by atoms with van der Waals surface area (Å²) in [5, 5.41) is 10.2. The first-order chi connectivity index (χ1) is 11.9. The third kappa shape index (κ3) is 3.23. The summed E-state index contributed by atoms with van der Waals surface area (Å²) in [4.78, 5) is 6.73. The molecule has 1 saturated heterocycles. The van der Waals surface area contributed by atoms with Gasteiger partial charge in [-0.15, -0.1) is 0 Å². The number of hydrogen-bond acceptors (Lipinski definition) is 5. The van der Waals surface area contributed by atoms with Crippen molar-refractivity contribution in [3.8, 4) is 11.1 Å². The van der Waals surface area contributed by atoms with Crippen LogP contribution in [0, 0.1) is 0 Å². The van der Waals surface area contributed by atoms with E-state index >= 15 is 0 Å². The molecule has 0 saturated carbocycles. The molecule has 2 aromatic heterocycles. The monoisotopic (exact) mass is 321 g/mol. The van der Waals surface area contributed by atoms with Crippen LogP contribution in [-0.2, 0) is 4.74 Å². The molecule has 0 bridgehead atoms. The molecule has 3 heterocycles. The van der Waals surface area contributed by atoms with Crippen molar-refractivity contribution in [1.29, 1.82) is 0 Å². The van der Waals surface area contributed by atoms with Gasteiger partial charge in [-0.05, 0) is 42.0 Å². The molecule has 24 heavy (non-hydrogen) atoms. The molecular weight excluding hydrogens is 302 g/mol. The van der Waals surface area contributed by atoms with Crippen LogP contribution in [0.3, 0.4) is 0 Å². The Balaban J connectivity index is 1.48. The lowest BCUT2D eigenvalue weighted by atomic mass is 10.1. The molecule has 122 valence electrons. The van der Waals surface area contributed by atoms with Gasteiger partial charge >= 0.3 is 0 Å². The molecule has 1 aromatic carbocycles. The fourth-order valence-corrected chi connectivity index (χ4v) is 2.81. The number of pyridine rings is 1. The highest BCUT2D eigenvalue weighted by Crippen LogP contribution is 2.24. The van der Waals surface area contributed by atoms with Crippen LogP contribution >= 0.6 is 0 Å². The van der Waals surface area contributed by atoms with Gasteiger partial charge < -0.3 is 15.0 Å². The van der Waals surface area contributed by atoms with Crippen molar-refractivity contribution in [2.24, 2.45) is 0 Å². The number of aromatic nitrogens is 3. The second-order valence-corrected chi connectivity index (χ2v) is 5.69. The summed E-state index contributed by atoms with van der Waals surface area (Å²) in [5.74, 6) is 0.813. The Morgan fingerprint density at radius 2 is 1.88 bits per heavy atom. The Morgan fingerprint density at radius 1 is 1.04 bits per heavy atom. The van der Waals surface area contributed by atoms with Crippen molar-refractivity contribution in [1.82, 2.24) is 15.2 Å². The molecule has 1 aliphatic heterocycles. The number of benzene rings is 1. The minimum atomic E-state index is 0.796. The Bertz CT molecular complexity index is 779. The molecule has 6 heteroatoms. The number of rotatable bonds is 4. The number of nitrogens with zero attached hydrogens (tertiary/aromatic N) is 3. The average Bonchev–Trinajstić information content (AvgIpc) is 3.18. The first-order valence-electron chi connectivity index (χ1n) is 8.03. The number of anilines is 3. The maximum atomic E-state index is 5.40. The minimum absolute atomic E-state index is 0.796. The molecule has 3 aromatic rings. The van der Waals surface area contributed by atoms with Crippen LogP contribution in [0.25, 0.3) is 11.1 Å². The van der Waals surface area contributed by atoms with E-state index in [2.05, 4.69) is 49.7 Å². The standard InChI is InChI=1S/C18H19N5O/c1-3-17(23-7-9-24-10-8-23)4-2-16(1)22-18-11-14(5-6-19-18)15-12-20-21-13-15/h1-6,11-13H,7-10H2,(H,19,22)(H,20,21). The normalized spacial score (nSPS) is 14.6. The molecule has 0 radical (unpaired) electrons. The summed E-state index contributed by atoms with van der Waals surface area (Å²) in [6.07, 6.45) is 5.47. The topological polar surface area (TPSA) is 66.1 Å². The molecule has 0 amide bonds. The molecule has 0 unspecified atom stereocenters. The third-order valence-corrected chi connectivity index (χ3v) is 4.11. The van der Waals surface area contributed by atoms with E-state index in [-0.39, 0.29) is 0 Å². The zero-order chi connectivity index (χ0) is 16.2. The minimum Gasteiger partial charge on any atom is -0.378 e. The number of nitrogens with one attached hydrogen (secondary N) is 2. The van der Waals surface area contributed by atoms with Gasteiger partial charge in [-0.25, -0.2) is 4.98 Å². The van der Waals surface area contributed by atoms with Crippen molar-refractivity contribution in [3.05, 3.63) is 55.0 Å². The molecule has 0 atom stereocenters. The second kappa shape index (κ2) is 6.72. The van der Waals surface area contributed by atoms with Crippen molar-refractivity contribution < 1.29 is 4.74 Å². The van der Waals surface area contributed by atoms with Gasteiger partial charge in [-0.3, -0.25) is 5.10 Å². The largest absolute Gasteiger partial charge is 0.378 e. The lowest BCUT2D eigenvalue weighted by Crippen LogP contribution is -2.36. The van der Waals surface area contributed by atoms with Gasteiger partial charge in [-0.2, -0.15) is 5.10 Å². The summed E-state index contributed by atoms with van der Waals surface area (Å²) in [6, 6.07) is 12.4. The molecule has 1 aliphatic rings. The van der Waals surface area contributed by atoms with E-state index in [0.717, 1.165) is 48.9 Å². The maximum absolute atomic E-state index is 5.40. The Hall–Kier alpha value is -2.86. The van der Waals surface area contributed by atoms with Crippen LogP contribution in [0.5, 0.6) is 0 Å². The van der Waals surface area contributed by atoms with Crippen molar-refractivity contribution in [2.75, 3.05) is 36.5 Å². The smallest absolute Gasteiger partial charge is 0.130 e. The quantitative estimate of drug-likeness (QED) is 0.773. The first-order valence-corrected chi connectivity index (χ1v) is 8.03. The van der Waals surface area contributed by atoms with Gasteiger partial charge in [0.15, 0.2) is 0 Å². The molecule has 2 N–H and O–H groups in total. The van der Waals surface area contributed by atoms with Crippen LogP contribution in [0.15, 0.2) is 55.0 Å². The van der Waals surface area contributed by atoms with Gasteiger partial charge in [0.05, 0.1) is 19.4 Å². The Kier molecular flexibility index (Phi) is 4.12. The van der Waals surface area contributed by atoms with Gasteiger partial charge in [0, 0.05) is 42.4 Å². The molecule has 0 spiro atoms. The fraction of sp³-hybridized carbons (Fsp3) is 0.222. The van der Waals surface area contributed by atoms with E-state index < -0.39 is 0 Å². The van der Waals surface area contributed by atoms with Gasteiger partial charge in [0.1, 0.15) is 5.82 Å². The number of morpholine rings is 1. The average molecular weight is 321 g/mol. The molecule has 6 nitrogen and oxygen atoms in total. The summed E-state index contributed by atoms with van der Waals surface area (Å²) in [6.45, 7) is 3.48. The highest BCUT2D eigenvalue weighted by Gasteiger charge is 2.10. The van der Waals surface area contributed by atoms with Gasteiger partial charge in [0.25, 0.3) is 0 Å². The van der Waals surface area contributed by atoms with Crippen LogP contribution < -0.4 is 10.2 Å². The molecule has 0 aliphatic carbocycles.